The summed E-state index contributed by atoms with van der Waals surface area (Å²) in [5, 5.41) is 28.3. The first-order valence-electron chi connectivity index (χ1n) is 9.58. The van der Waals surface area contributed by atoms with Gasteiger partial charge in [0, 0.05) is 26.2 Å². The van der Waals surface area contributed by atoms with E-state index in [0.717, 1.165) is 0 Å². The minimum atomic E-state index is -0.668. The third-order valence-electron chi connectivity index (χ3n) is 5.19. The summed E-state index contributed by atoms with van der Waals surface area (Å²) in [6.45, 7) is 1.85. The lowest BCUT2D eigenvalue weighted by Crippen LogP contribution is -2.55. The molecule has 162 valence electrons. The number of carbonyl (C=O) groups excluding carboxylic acids is 1. The number of hydrazine groups is 2. The third-order valence-corrected chi connectivity index (χ3v) is 5.19. The molecule has 1 amide bonds. The zero-order valence-corrected chi connectivity index (χ0v) is 17.2. The summed E-state index contributed by atoms with van der Waals surface area (Å²) >= 11 is 0. The molecule has 2 aromatic rings. The van der Waals surface area contributed by atoms with Gasteiger partial charge in [-0.2, -0.15) is 0 Å². The molecule has 4 rings (SSSR count). The molecule has 0 saturated carbocycles. The summed E-state index contributed by atoms with van der Waals surface area (Å²) in [6.07, 6.45) is -0.668. The fourth-order valence-corrected chi connectivity index (χ4v) is 3.72. The number of carbonyl (C=O) groups is 1. The van der Waals surface area contributed by atoms with E-state index in [1.54, 1.807) is 50.3 Å². The van der Waals surface area contributed by atoms with Crippen LogP contribution in [0.25, 0.3) is 0 Å². The topological polar surface area (TPSA) is 117 Å². The monoisotopic (exact) mass is 425 g/mol. The van der Waals surface area contributed by atoms with E-state index < -0.39 is 17.2 Å². The molecule has 2 aliphatic rings. The number of anilines is 2. The molecule has 0 unspecified atom stereocenters. The lowest BCUT2D eigenvalue weighted by atomic mass is 10.1. The SMILES string of the molecule is CCOC([O-])=C1NN(c2ccc([N+](=O)[O-])cc2)[C@@H]2N(C)c3ccccc3C(=O)N(C)N12. The van der Waals surface area contributed by atoms with Crippen molar-refractivity contribution in [3.63, 3.8) is 0 Å². The van der Waals surface area contributed by atoms with Crippen molar-refractivity contribution in [2.75, 3.05) is 30.6 Å². The number of ether oxygens (including phenoxy) is 1. The fraction of sp³-hybridized carbons (Fsp3) is 0.250. The summed E-state index contributed by atoms with van der Waals surface area (Å²) in [6, 6.07) is 13.0. The van der Waals surface area contributed by atoms with Crippen molar-refractivity contribution in [2.24, 2.45) is 0 Å². The van der Waals surface area contributed by atoms with Crippen LogP contribution in [0.1, 0.15) is 17.3 Å². The van der Waals surface area contributed by atoms with Crippen molar-refractivity contribution in [1.29, 1.82) is 0 Å². The predicted octanol–water partition coefficient (Wildman–Crippen LogP) is 1.17. The molecule has 2 aromatic carbocycles. The van der Waals surface area contributed by atoms with Crippen LogP contribution in [0.5, 0.6) is 0 Å². The number of hydrogen-bond donors (Lipinski definition) is 1. The average Bonchev–Trinajstić information content (AvgIpc) is 3.15. The van der Waals surface area contributed by atoms with Crippen molar-refractivity contribution in [1.82, 2.24) is 15.4 Å². The van der Waals surface area contributed by atoms with E-state index in [2.05, 4.69) is 5.43 Å². The Hall–Kier alpha value is -4.15. The van der Waals surface area contributed by atoms with Gasteiger partial charge in [-0.05, 0) is 30.9 Å². The van der Waals surface area contributed by atoms with E-state index in [-0.39, 0.29) is 24.0 Å². The number of para-hydroxylation sites is 1. The summed E-state index contributed by atoms with van der Waals surface area (Å²) in [5.41, 5.74) is 4.68. The molecule has 0 aliphatic carbocycles. The van der Waals surface area contributed by atoms with Gasteiger partial charge in [0.15, 0.2) is 5.82 Å². The number of rotatable bonds is 4. The maximum Gasteiger partial charge on any atom is 0.274 e. The highest BCUT2D eigenvalue weighted by Gasteiger charge is 2.46. The molecule has 2 heterocycles. The van der Waals surface area contributed by atoms with E-state index in [9.17, 15) is 20.0 Å². The largest absolute Gasteiger partial charge is 0.611 e. The molecular formula is C20H21N6O5-. The Morgan fingerprint density at radius 1 is 1.16 bits per heavy atom. The second-order valence-electron chi connectivity index (χ2n) is 6.97. The van der Waals surface area contributed by atoms with E-state index in [0.29, 0.717) is 16.9 Å². The number of fused-ring (bicyclic) bond motifs is 2. The Labute approximate surface area is 178 Å². The molecule has 1 fully saturated rings. The molecule has 1 saturated heterocycles. The van der Waals surface area contributed by atoms with E-state index in [1.165, 1.54) is 22.2 Å². The van der Waals surface area contributed by atoms with Crippen molar-refractivity contribution >= 4 is 23.0 Å². The summed E-state index contributed by atoms with van der Waals surface area (Å²) in [7, 11) is 3.38. The van der Waals surface area contributed by atoms with Crippen molar-refractivity contribution in [3.05, 3.63) is 76.0 Å². The van der Waals surface area contributed by atoms with Gasteiger partial charge in [0.05, 0.1) is 27.8 Å². The maximum atomic E-state index is 13.2. The minimum absolute atomic E-state index is 0.0544. The molecule has 1 atom stereocenters. The summed E-state index contributed by atoms with van der Waals surface area (Å²) in [5.74, 6) is -0.865. The van der Waals surface area contributed by atoms with Gasteiger partial charge < -0.3 is 14.7 Å². The maximum absolute atomic E-state index is 13.2. The molecule has 0 aromatic heterocycles. The second kappa shape index (κ2) is 7.59. The van der Waals surface area contributed by atoms with Gasteiger partial charge in [0.1, 0.15) is 0 Å². The Kier molecular flexibility index (Phi) is 4.93. The summed E-state index contributed by atoms with van der Waals surface area (Å²) in [4.78, 5) is 25.6. The molecule has 31 heavy (non-hydrogen) atoms. The number of nitrogens with zero attached hydrogens (tertiary/aromatic N) is 5. The predicted molar refractivity (Wildman–Crippen MR) is 110 cm³/mol. The quantitative estimate of drug-likeness (QED) is 0.437. The number of hydrogen-bond acceptors (Lipinski definition) is 9. The molecule has 0 spiro atoms. The van der Waals surface area contributed by atoms with Gasteiger partial charge in [0.2, 0.25) is 6.29 Å². The number of nitro benzene ring substituents is 1. The van der Waals surface area contributed by atoms with Crippen LogP contribution in [-0.2, 0) is 4.74 Å². The second-order valence-corrected chi connectivity index (χ2v) is 6.97. The normalized spacial score (nSPS) is 19.5. The van der Waals surface area contributed by atoms with Gasteiger partial charge >= 0.3 is 0 Å². The first kappa shape index (κ1) is 20.1. The van der Waals surface area contributed by atoms with Gasteiger partial charge in [-0.3, -0.25) is 20.3 Å². The zero-order valence-electron chi connectivity index (χ0n) is 17.2. The number of amides is 1. The number of nitrogens with one attached hydrogen (secondary N) is 1. The lowest BCUT2D eigenvalue weighted by Gasteiger charge is -2.38. The van der Waals surface area contributed by atoms with Crippen LogP contribution in [-0.4, -0.2) is 47.8 Å². The lowest BCUT2D eigenvalue weighted by molar-refractivity contribution is -0.384. The van der Waals surface area contributed by atoms with Gasteiger partial charge in [-0.1, -0.05) is 19.1 Å². The van der Waals surface area contributed by atoms with Crippen molar-refractivity contribution in [2.45, 2.75) is 13.2 Å². The molecule has 1 N–H and O–H groups in total. The Morgan fingerprint density at radius 3 is 2.48 bits per heavy atom. The van der Waals surface area contributed by atoms with Gasteiger partial charge in [-0.15, -0.1) is 0 Å². The zero-order chi connectivity index (χ0) is 22.3. The smallest absolute Gasteiger partial charge is 0.274 e. The molecule has 11 heteroatoms. The van der Waals surface area contributed by atoms with Crippen LogP contribution in [0, 0.1) is 10.1 Å². The highest BCUT2D eigenvalue weighted by molar-refractivity contribution is 6.00. The Morgan fingerprint density at radius 2 is 1.84 bits per heavy atom. The van der Waals surface area contributed by atoms with Crippen LogP contribution < -0.4 is 20.4 Å². The standard InChI is InChI=1S/C20H22N6O5/c1-4-31-19(28)17-21-24(13-9-11-14(12-10-13)26(29)30)20-22(2)16-8-6-5-7-15(16)18(27)23(3)25(17)20/h5-12,20-21,28H,4H2,1-3H3/p-1/t20-/m0/s1. The molecule has 0 radical (unpaired) electrons. The van der Waals surface area contributed by atoms with Crippen LogP contribution in [0.2, 0.25) is 0 Å². The number of nitro groups is 1. The number of non-ortho nitro benzene ring substituents is 1. The van der Waals surface area contributed by atoms with Crippen LogP contribution in [0.3, 0.4) is 0 Å². The number of benzene rings is 2. The fourth-order valence-electron chi connectivity index (χ4n) is 3.72. The van der Waals surface area contributed by atoms with Crippen LogP contribution in [0.15, 0.2) is 60.3 Å². The van der Waals surface area contributed by atoms with Crippen molar-refractivity contribution in [3.8, 4) is 0 Å². The van der Waals surface area contributed by atoms with E-state index in [1.807, 2.05) is 17.0 Å². The molecule has 0 bridgehead atoms. The Bertz CT molecular complexity index is 1060. The van der Waals surface area contributed by atoms with Crippen LogP contribution in [0.4, 0.5) is 17.1 Å². The van der Waals surface area contributed by atoms with E-state index in [4.69, 9.17) is 4.74 Å². The minimum Gasteiger partial charge on any atom is -0.611 e. The highest BCUT2D eigenvalue weighted by atomic mass is 16.6. The summed E-state index contributed by atoms with van der Waals surface area (Å²) < 4.78 is 5.19. The first-order valence-corrected chi connectivity index (χ1v) is 9.58. The van der Waals surface area contributed by atoms with Crippen molar-refractivity contribution < 1.29 is 19.6 Å². The van der Waals surface area contributed by atoms with Gasteiger partial charge in [0.25, 0.3) is 11.6 Å². The van der Waals surface area contributed by atoms with Crippen LogP contribution >= 0.6 is 0 Å². The van der Waals surface area contributed by atoms with Gasteiger partial charge in [-0.25, -0.2) is 15.0 Å². The highest BCUT2D eigenvalue weighted by Crippen LogP contribution is 2.37. The molecular weight excluding hydrogens is 404 g/mol. The third kappa shape index (κ3) is 3.19. The Balaban J connectivity index is 1.87. The molecule has 11 nitrogen and oxygen atoms in total. The first-order chi connectivity index (χ1) is 14.8. The molecule has 2 aliphatic heterocycles. The average molecular weight is 425 g/mol. The van der Waals surface area contributed by atoms with E-state index >= 15 is 0 Å².